The van der Waals surface area contributed by atoms with E-state index in [2.05, 4.69) is 9.97 Å². The fourth-order valence-corrected chi connectivity index (χ4v) is 3.79. The lowest BCUT2D eigenvalue weighted by molar-refractivity contribution is 0.112. The van der Waals surface area contributed by atoms with E-state index in [-0.39, 0.29) is 11.5 Å². The highest BCUT2D eigenvalue weighted by Crippen LogP contribution is 2.39. The van der Waals surface area contributed by atoms with Gasteiger partial charge in [0.1, 0.15) is 11.5 Å². The minimum atomic E-state index is 0.148. The molecule has 5 rings (SSSR count). The van der Waals surface area contributed by atoms with Gasteiger partial charge in [-0.05, 0) is 48.9 Å². The fraction of sp³-hybridized carbons (Fsp3) is 0.0500. The summed E-state index contributed by atoms with van der Waals surface area (Å²) in [6.07, 6.45) is 0.821. The smallest absolute Gasteiger partial charge is 0.152 e. The molecule has 0 radical (unpaired) electrons. The fourth-order valence-electron chi connectivity index (χ4n) is 3.79. The number of aromatic nitrogens is 2. The Bertz CT molecular complexity index is 1340. The van der Waals surface area contributed by atoms with Crippen LogP contribution in [0.4, 0.5) is 0 Å². The summed E-state index contributed by atoms with van der Waals surface area (Å²) in [5, 5.41) is 23.4. The first-order valence-corrected chi connectivity index (χ1v) is 7.94. The van der Waals surface area contributed by atoms with Crippen LogP contribution in [0.25, 0.3) is 43.6 Å². The van der Waals surface area contributed by atoms with Crippen LogP contribution in [-0.4, -0.2) is 26.5 Å². The molecular formula is C20H14N2O3. The van der Waals surface area contributed by atoms with Gasteiger partial charge in [0.05, 0.1) is 11.0 Å². The van der Waals surface area contributed by atoms with Crippen LogP contribution in [0.3, 0.4) is 0 Å². The predicted molar refractivity (Wildman–Crippen MR) is 98.6 cm³/mol. The zero-order valence-corrected chi connectivity index (χ0v) is 13.3. The average molecular weight is 330 g/mol. The molecule has 0 atom stereocenters. The maximum atomic E-state index is 11.9. The third-order valence-corrected chi connectivity index (χ3v) is 4.83. The average Bonchev–Trinajstić information content (AvgIpc) is 3.11. The summed E-state index contributed by atoms with van der Waals surface area (Å²) in [7, 11) is 0. The van der Waals surface area contributed by atoms with Crippen LogP contribution in [0.15, 0.2) is 36.4 Å². The lowest BCUT2D eigenvalue weighted by Gasteiger charge is -2.00. The molecule has 0 bridgehead atoms. The van der Waals surface area contributed by atoms with E-state index in [4.69, 9.17) is 0 Å². The Kier molecular flexibility index (Phi) is 2.53. The minimum Gasteiger partial charge on any atom is -0.508 e. The van der Waals surface area contributed by atoms with E-state index >= 15 is 0 Å². The van der Waals surface area contributed by atoms with Crippen LogP contribution in [0.1, 0.15) is 15.9 Å². The van der Waals surface area contributed by atoms with Crippen LogP contribution in [0.2, 0.25) is 0 Å². The Hall–Kier alpha value is -3.47. The first-order valence-electron chi connectivity index (χ1n) is 7.94. The van der Waals surface area contributed by atoms with Crippen molar-refractivity contribution in [3.8, 4) is 11.5 Å². The predicted octanol–water partition coefficient (Wildman–Crippen LogP) is 4.49. The van der Waals surface area contributed by atoms with Gasteiger partial charge in [-0.15, -0.1) is 0 Å². The number of rotatable bonds is 1. The monoisotopic (exact) mass is 330 g/mol. The van der Waals surface area contributed by atoms with Gasteiger partial charge in [-0.25, -0.2) is 0 Å². The molecule has 25 heavy (non-hydrogen) atoms. The van der Waals surface area contributed by atoms with Crippen molar-refractivity contribution in [2.24, 2.45) is 0 Å². The number of aromatic amines is 2. The van der Waals surface area contributed by atoms with Gasteiger partial charge in [0, 0.05) is 38.1 Å². The second-order valence-electron chi connectivity index (χ2n) is 6.44. The molecule has 0 aliphatic carbocycles. The largest absolute Gasteiger partial charge is 0.508 e. The molecule has 0 unspecified atom stereocenters. The number of carbonyl (C=O) groups is 1. The maximum Gasteiger partial charge on any atom is 0.152 e. The molecule has 0 amide bonds. The zero-order valence-electron chi connectivity index (χ0n) is 13.3. The first kappa shape index (κ1) is 13.9. The number of aryl methyl sites for hydroxylation is 1. The highest BCUT2D eigenvalue weighted by Gasteiger charge is 2.17. The number of aromatic hydroxyl groups is 2. The highest BCUT2D eigenvalue weighted by atomic mass is 16.3. The first-order chi connectivity index (χ1) is 12.1. The molecule has 2 aromatic heterocycles. The SMILES string of the molecule is Cc1cc(O)c2[nH]c3c(C=O)c4c(cc3c2c1)[nH]c1ccc(O)cc14. The van der Waals surface area contributed by atoms with Crippen molar-refractivity contribution in [3.63, 3.8) is 0 Å². The van der Waals surface area contributed by atoms with Gasteiger partial charge in [-0.3, -0.25) is 4.79 Å². The van der Waals surface area contributed by atoms with Gasteiger partial charge in [-0.1, -0.05) is 0 Å². The lowest BCUT2D eigenvalue weighted by atomic mass is 10.0. The van der Waals surface area contributed by atoms with Gasteiger partial charge in [-0.2, -0.15) is 0 Å². The number of phenolic OH excluding ortho intramolecular Hbond substituents is 2. The standard InChI is InChI=1S/C20H14N2O3/c1-9-4-11-12-7-16-18(13-6-10(24)2-3-15(13)21-16)14(8-23)19(12)22-20(11)17(25)5-9/h2-8,21-22,24-25H,1H3. The van der Waals surface area contributed by atoms with E-state index in [0.717, 1.165) is 44.4 Å². The maximum absolute atomic E-state index is 11.9. The summed E-state index contributed by atoms with van der Waals surface area (Å²) < 4.78 is 0. The Morgan fingerprint density at radius 2 is 1.68 bits per heavy atom. The van der Waals surface area contributed by atoms with Crippen LogP contribution in [0, 0.1) is 6.92 Å². The normalized spacial score (nSPS) is 11.9. The quantitative estimate of drug-likeness (QED) is 0.341. The number of nitrogens with one attached hydrogen (secondary N) is 2. The molecule has 0 fully saturated rings. The Balaban J connectivity index is 2.08. The summed E-state index contributed by atoms with van der Waals surface area (Å²) >= 11 is 0. The van der Waals surface area contributed by atoms with Gasteiger partial charge < -0.3 is 20.2 Å². The van der Waals surface area contributed by atoms with Crippen molar-refractivity contribution in [1.82, 2.24) is 9.97 Å². The molecule has 2 heterocycles. The summed E-state index contributed by atoms with van der Waals surface area (Å²) in [4.78, 5) is 18.4. The Morgan fingerprint density at radius 3 is 2.48 bits per heavy atom. The zero-order chi connectivity index (χ0) is 17.3. The summed E-state index contributed by atoms with van der Waals surface area (Å²) in [6.45, 7) is 1.92. The molecule has 4 N–H and O–H groups in total. The van der Waals surface area contributed by atoms with Crippen molar-refractivity contribution in [3.05, 3.63) is 47.5 Å². The number of hydrogen-bond donors (Lipinski definition) is 4. The van der Waals surface area contributed by atoms with Crippen LogP contribution >= 0.6 is 0 Å². The molecule has 0 saturated carbocycles. The number of fused-ring (bicyclic) bond motifs is 6. The number of H-pyrrole nitrogens is 2. The third kappa shape index (κ3) is 1.75. The van der Waals surface area contributed by atoms with Crippen molar-refractivity contribution in [2.45, 2.75) is 6.92 Å². The van der Waals surface area contributed by atoms with Crippen LogP contribution in [-0.2, 0) is 0 Å². The van der Waals surface area contributed by atoms with Crippen LogP contribution in [0.5, 0.6) is 11.5 Å². The van der Waals surface area contributed by atoms with E-state index in [1.165, 1.54) is 0 Å². The van der Waals surface area contributed by atoms with E-state index in [1.807, 2.05) is 19.1 Å². The number of aldehydes is 1. The topological polar surface area (TPSA) is 89.1 Å². The second-order valence-corrected chi connectivity index (χ2v) is 6.44. The molecule has 122 valence electrons. The molecule has 5 nitrogen and oxygen atoms in total. The number of carbonyl (C=O) groups excluding carboxylic acids is 1. The van der Waals surface area contributed by atoms with Crippen molar-refractivity contribution < 1.29 is 15.0 Å². The van der Waals surface area contributed by atoms with Gasteiger partial charge in [0.25, 0.3) is 0 Å². The molecule has 3 aromatic carbocycles. The Morgan fingerprint density at radius 1 is 0.880 bits per heavy atom. The van der Waals surface area contributed by atoms with E-state index in [0.29, 0.717) is 16.6 Å². The van der Waals surface area contributed by atoms with E-state index in [1.54, 1.807) is 24.3 Å². The van der Waals surface area contributed by atoms with Gasteiger partial charge in [0.15, 0.2) is 6.29 Å². The van der Waals surface area contributed by atoms with E-state index < -0.39 is 0 Å². The lowest BCUT2D eigenvalue weighted by Crippen LogP contribution is -1.85. The van der Waals surface area contributed by atoms with Gasteiger partial charge >= 0.3 is 0 Å². The molecule has 0 aliphatic rings. The van der Waals surface area contributed by atoms with Crippen molar-refractivity contribution in [2.75, 3.05) is 0 Å². The summed E-state index contributed by atoms with van der Waals surface area (Å²) in [5.41, 5.74) is 4.42. The third-order valence-electron chi connectivity index (χ3n) is 4.83. The molecular weight excluding hydrogens is 316 g/mol. The summed E-state index contributed by atoms with van der Waals surface area (Å²) in [6, 6.07) is 10.7. The van der Waals surface area contributed by atoms with Crippen molar-refractivity contribution >= 4 is 49.9 Å². The molecule has 0 aliphatic heterocycles. The summed E-state index contributed by atoms with van der Waals surface area (Å²) in [5.74, 6) is 0.310. The Labute approximate surface area is 141 Å². The molecule has 5 heteroatoms. The molecule has 0 saturated heterocycles. The highest BCUT2D eigenvalue weighted by molar-refractivity contribution is 6.25. The number of phenols is 2. The second kappa shape index (κ2) is 4.54. The van der Waals surface area contributed by atoms with Crippen molar-refractivity contribution in [1.29, 1.82) is 0 Å². The number of benzene rings is 3. The van der Waals surface area contributed by atoms with Crippen LogP contribution < -0.4 is 0 Å². The van der Waals surface area contributed by atoms with E-state index in [9.17, 15) is 15.0 Å². The number of hydrogen-bond acceptors (Lipinski definition) is 3. The molecule has 0 spiro atoms. The van der Waals surface area contributed by atoms with Gasteiger partial charge in [0.2, 0.25) is 0 Å². The molecule has 5 aromatic rings. The minimum absolute atomic E-state index is 0.148.